The van der Waals surface area contributed by atoms with Gasteiger partial charge in [-0.3, -0.25) is 4.90 Å². The van der Waals surface area contributed by atoms with Crippen LogP contribution in [0.15, 0.2) is 0 Å². The number of rotatable bonds is 6. The Bertz CT molecular complexity index is 248. The maximum atomic E-state index is 11.0. The molecule has 1 fully saturated rings. The molecule has 0 saturated carbocycles. The maximum absolute atomic E-state index is 11.0. The Morgan fingerprint density at radius 3 is 2.71 bits per heavy atom. The first-order chi connectivity index (χ1) is 8.08. The number of hydrogen-bond donors (Lipinski definition) is 1. The third kappa shape index (κ3) is 4.26. The summed E-state index contributed by atoms with van der Waals surface area (Å²) in [5.74, 6) is -0.862. The van der Waals surface area contributed by atoms with Crippen molar-refractivity contribution >= 4 is 5.97 Å². The second-order valence-electron chi connectivity index (χ2n) is 4.58. The standard InChI is InChI=1S/C12H24N2O3/c1-4-10-8-14(7-6-13(10)3)9-11(12(15)16)17-5-2/h10-11H,4-9H2,1-3H3,(H,15,16). The van der Waals surface area contributed by atoms with E-state index in [2.05, 4.69) is 23.8 Å². The van der Waals surface area contributed by atoms with Crippen LogP contribution in [0.1, 0.15) is 20.3 Å². The maximum Gasteiger partial charge on any atom is 0.334 e. The number of carboxylic acids is 1. The molecule has 0 spiro atoms. The van der Waals surface area contributed by atoms with Crippen molar-refractivity contribution in [2.75, 3.05) is 39.8 Å². The molecule has 0 aromatic rings. The molecule has 0 aromatic heterocycles. The molecule has 0 bridgehead atoms. The second-order valence-corrected chi connectivity index (χ2v) is 4.58. The van der Waals surface area contributed by atoms with Crippen molar-refractivity contribution in [1.29, 1.82) is 0 Å². The van der Waals surface area contributed by atoms with Gasteiger partial charge < -0.3 is 14.7 Å². The normalized spacial score (nSPS) is 24.8. The number of nitrogens with zero attached hydrogens (tertiary/aromatic N) is 2. The lowest BCUT2D eigenvalue weighted by atomic mass is 10.1. The van der Waals surface area contributed by atoms with Gasteiger partial charge in [0.2, 0.25) is 0 Å². The van der Waals surface area contributed by atoms with Gasteiger partial charge in [-0.15, -0.1) is 0 Å². The average molecular weight is 244 g/mol. The fourth-order valence-corrected chi connectivity index (χ4v) is 2.25. The minimum absolute atomic E-state index is 0.446. The molecule has 1 saturated heterocycles. The molecule has 1 aliphatic heterocycles. The molecule has 1 N–H and O–H groups in total. The van der Waals surface area contributed by atoms with E-state index in [4.69, 9.17) is 9.84 Å². The summed E-state index contributed by atoms with van der Waals surface area (Å²) in [7, 11) is 2.13. The molecule has 5 heteroatoms. The zero-order valence-corrected chi connectivity index (χ0v) is 11.1. The van der Waals surface area contributed by atoms with E-state index >= 15 is 0 Å². The third-order valence-electron chi connectivity index (χ3n) is 3.40. The summed E-state index contributed by atoms with van der Waals surface area (Å²) in [5.41, 5.74) is 0. The minimum atomic E-state index is -0.862. The number of carboxylic acid groups (broad SMARTS) is 1. The molecular formula is C12H24N2O3. The summed E-state index contributed by atoms with van der Waals surface area (Å²) in [6.45, 7) is 7.79. The van der Waals surface area contributed by atoms with Crippen molar-refractivity contribution in [3.63, 3.8) is 0 Å². The van der Waals surface area contributed by atoms with E-state index in [1.165, 1.54) is 0 Å². The monoisotopic (exact) mass is 244 g/mol. The van der Waals surface area contributed by atoms with Gasteiger partial charge in [0.15, 0.2) is 6.10 Å². The van der Waals surface area contributed by atoms with Gasteiger partial charge in [-0.2, -0.15) is 0 Å². The molecule has 100 valence electrons. The van der Waals surface area contributed by atoms with Gasteiger partial charge in [0.1, 0.15) is 0 Å². The number of ether oxygens (including phenoxy) is 1. The molecule has 1 heterocycles. The number of aliphatic carboxylic acids is 1. The van der Waals surface area contributed by atoms with E-state index in [-0.39, 0.29) is 0 Å². The van der Waals surface area contributed by atoms with Crippen molar-refractivity contribution in [3.8, 4) is 0 Å². The van der Waals surface area contributed by atoms with Crippen molar-refractivity contribution in [2.24, 2.45) is 0 Å². The Morgan fingerprint density at radius 1 is 1.47 bits per heavy atom. The zero-order chi connectivity index (χ0) is 12.8. The van der Waals surface area contributed by atoms with Crippen LogP contribution in [0, 0.1) is 0 Å². The number of piperazine rings is 1. The van der Waals surface area contributed by atoms with Crippen LogP contribution in [0.5, 0.6) is 0 Å². The van der Waals surface area contributed by atoms with Crippen LogP contribution in [-0.2, 0) is 9.53 Å². The van der Waals surface area contributed by atoms with E-state index in [1.54, 1.807) is 0 Å². The van der Waals surface area contributed by atoms with Gasteiger partial charge in [0, 0.05) is 38.8 Å². The highest BCUT2D eigenvalue weighted by atomic mass is 16.5. The van der Waals surface area contributed by atoms with Gasteiger partial charge in [0.05, 0.1) is 0 Å². The lowest BCUT2D eigenvalue weighted by Gasteiger charge is -2.39. The van der Waals surface area contributed by atoms with E-state index in [0.29, 0.717) is 19.2 Å². The largest absolute Gasteiger partial charge is 0.479 e. The topological polar surface area (TPSA) is 53.0 Å². The Kier molecular flexibility index (Phi) is 5.88. The Hall–Kier alpha value is -0.650. The van der Waals surface area contributed by atoms with Crippen LogP contribution < -0.4 is 0 Å². The fraction of sp³-hybridized carbons (Fsp3) is 0.917. The van der Waals surface area contributed by atoms with Crippen LogP contribution >= 0.6 is 0 Å². The molecule has 0 amide bonds. The third-order valence-corrected chi connectivity index (χ3v) is 3.40. The highest BCUT2D eigenvalue weighted by Crippen LogP contribution is 2.11. The van der Waals surface area contributed by atoms with E-state index in [1.807, 2.05) is 6.92 Å². The van der Waals surface area contributed by atoms with E-state index < -0.39 is 12.1 Å². The molecule has 1 rings (SSSR count). The molecule has 2 atom stereocenters. The summed E-state index contributed by atoms with van der Waals surface area (Å²) in [6.07, 6.45) is 0.403. The van der Waals surface area contributed by atoms with Gasteiger partial charge in [0.25, 0.3) is 0 Å². The van der Waals surface area contributed by atoms with Crippen LogP contribution in [0.4, 0.5) is 0 Å². The zero-order valence-electron chi connectivity index (χ0n) is 11.1. The van der Waals surface area contributed by atoms with Crippen LogP contribution in [0.2, 0.25) is 0 Å². The van der Waals surface area contributed by atoms with Crippen LogP contribution in [0.25, 0.3) is 0 Å². The van der Waals surface area contributed by atoms with Crippen molar-refractivity contribution in [1.82, 2.24) is 9.80 Å². The van der Waals surface area contributed by atoms with E-state index in [9.17, 15) is 4.79 Å². The average Bonchev–Trinajstić information content (AvgIpc) is 2.30. The molecule has 0 aliphatic carbocycles. The van der Waals surface area contributed by atoms with Gasteiger partial charge in [-0.25, -0.2) is 4.79 Å². The SMILES string of the molecule is CCOC(CN1CCN(C)C(CC)C1)C(=O)O. The molecule has 17 heavy (non-hydrogen) atoms. The first kappa shape index (κ1) is 14.4. The van der Waals surface area contributed by atoms with E-state index in [0.717, 1.165) is 26.1 Å². The van der Waals surface area contributed by atoms with Gasteiger partial charge in [-0.1, -0.05) is 6.92 Å². The summed E-state index contributed by atoms with van der Waals surface area (Å²) < 4.78 is 5.25. The van der Waals surface area contributed by atoms with Gasteiger partial charge in [-0.05, 0) is 20.4 Å². The lowest BCUT2D eigenvalue weighted by molar-refractivity contribution is -0.151. The van der Waals surface area contributed by atoms with Gasteiger partial charge >= 0.3 is 5.97 Å². The quantitative estimate of drug-likeness (QED) is 0.737. The Labute approximate surface area is 103 Å². The van der Waals surface area contributed by atoms with Crippen LogP contribution in [0.3, 0.4) is 0 Å². The summed E-state index contributed by atoms with van der Waals surface area (Å²) in [4.78, 5) is 15.6. The predicted octanol–water partition coefficient (Wildman–Crippen LogP) is 0.502. The molecular weight excluding hydrogens is 220 g/mol. The predicted molar refractivity (Wildman–Crippen MR) is 66.2 cm³/mol. The molecule has 1 aliphatic rings. The fourth-order valence-electron chi connectivity index (χ4n) is 2.25. The molecule has 0 aromatic carbocycles. The molecule has 2 unspecified atom stereocenters. The van der Waals surface area contributed by atoms with Crippen molar-refractivity contribution < 1.29 is 14.6 Å². The first-order valence-electron chi connectivity index (χ1n) is 6.35. The van der Waals surface area contributed by atoms with Crippen molar-refractivity contribution in [3.05, 3.63) is 0 Å². The number of carbonyl (C=O) groups is 1. The summed E-state index contributed by atoms with van der Waals surface area (Å²) in [5, 5.41) is 9.05. The lowest BCUT2D eigenvalue weighted by Crippen LogP contribution is -2.53. The van der Waals surface area contributed by atoms with Crippen LogP contribution in [-0.4, -0.2) is 72.9 Å². The minimum Gasteiger partial charge on any atom is -0.479 e. The highest BCUT2D eigenvalue weighted by Gasteiger charge is 2.27. The Balaban J connectivity index is 2.47. The molecule has 0 radical (unpaired) electrons. The summed E-state index contributed by atoms with van der Waals surface area (Å²) in [6, 6.07) is 0.528. The number of hydrogen-bond acceptors (Lipinski definition) is 4. The summed E-state index contributed by atoms with van der Waals surface area (Å²) >= 11 is 0. The second kappa shape index (κ2) is 6.93. The van der Waals surface area contributed by atoms with Crippen molar-refractivity contribution in [2.45, 2.75) is 32.4 Å². The Morgan fingerprint density at radius 2 is 2.18 bits per heavy atom. The number of likely N-dealkylation sites (N-methyl/N-ethyl adjacent to an activating group) is 1. The first-order valence-corrected chi connectivity index (χ1v) is 6.35. The highest BCUT2D eigenvalue weighted by molar-refractivity contribution is 5.72. The smallest absolute Gasteiger partial charge is 0.334 e. The molecule has 5 nitrogen and oxygen atoms in total.